The molecule has 0 unspecified atom stereocenters. The number of para-hydroxylation sites is 6. The molecule has 0 saturated heterocycles. The van der Waals surface area contributed by atoms with Crippen LogP contribution in [0.2, 0.25) is 0 Å². The maximum Gasteiger partial charge on any atom is 0.151 e. The van der Waals surface area contributed by atoms with Gasteiger partial charge in [-0.2, -0.15) is 0 Å². The highest BCUT2D eigenvalue weighted by atomic mass is 16.5. The van der Waals surface area contributed by atoms with Crippen molar-refractivity contribution >= 4 is 55.9 Å². The molecule has 2 heterocycles. The first-order valence-electron chi connectivity index (χ1n) is 19.7. The molecule has 58 heavy (non-hydrogen) atoms. The Morgan fingerprint density at radius 1 is 0.328 bits per heavy atom. The van der Waals surface area contributed by atoms with Gasteiger partial charge in [-0.3, -0.25) is 0 Å². The van der Waals surface area contributed by atoms with E-state index in [4.69, 9.17) is 4.74 Å². The van der Waals surface area contributed by atoms with Crippen LogP contribution in [0.25, 0.3) is 49.7 Å². The summed E-state index contributed by atoms with van der Waals surface area (Å²) >= 11 is 0. The zero-order valence-corrected chi connectivity index (χ0v) is 31.6. The molecule has 0 amide bonds. The lowest BCUT2D eigenvalue weighted by atomic mass is 10.00. The van der Waals surface area contributed by atoms with Gasteiger partial charge >= 0.3 is 0 Å². The predicted octanol–water partition coefficient (Wildman–Crippen LogP) is 15.2. The van der Waals surface area contributed by atoms with E-state index in [1.165, 1.54) is 33.0 Å². The molecule has 0 saturated carbocycles. The molecule has 10 aromatic rings. The van der Waals surface area contributed by atoms with E-state index < -0.39 is 0 Å². The van der Waals surface area contributed by atoms with E-state index in [1.807, 2.05) is 24.3 Å². The van der Waals surface area contributed by atoms with Crippen LogP contribution >= 0.6 is 0 Å². The van der Waals surface area contributed by atoms with Crippen LogP contribution in [0.15, 0.2) is 224 Å². The second-order valence-electron chi connectivity index (χ2n) is 14.6. The summed E-state index contributed by atoms with van der Waals surface area (Å²) in [6, 6.07) is 79.8. The molecule has 1 aliphatic rings. The molecular formula is C54H37N3O. The van der Waals surface area contributed by atoms with Crippen molar-refractivity contribution in [1.82, 2.24) is 4.57 Å². The summed E-state index contributed by atoms with van der Waals surface area (Å²) < 4.78 is 8.72. The highest BCUT2D eigenvalue weighted by molar-refractivity contribution is 6.11. The third kappa shape index (κ3) is 5.78. The molecule has 0 fully saturated rings. The van der Waals surface area contributed by atoms with Crippen molar-refractivity contribution < 1.29 is 4.74 Å². The van der Waals surface area contributed by atoms with Crippen molar-refractivity contribution in [2.24, 2.45) is 0 Å². The molecule has 0 radical (unpaired) electrons. The van der Waals surface area contributed by atoms with Crippen LogP contribution in [0.3, 0.4) is 0 Å². The summed E-state index contributed by atoms with van der Waals surface area (Å²) in [7, 11) is 0. The molecule has 11 rings (SSSR count). The topological polar surface area (TPSA) is 20.6 Å². The van der Waals surface area contributed by atoms with Crippen LogP contribution in [-0.2, 0) is 0 Å². The van der Waals surface area contributed by atoms with Gasteiger partial charge in [-0.1, -0.05) is 133 Å². The minimum Gasteiger partial charge on any atom is -0.453 e. The fraction of sp³-hybridized carbons (Fsp3) is 0. The Morgan fingerprint density at radius 2 is 0.828 bits per heavy atom. The van der Waals surface area contributed by atoms with Crippen molar-refractivity contribution in [2.75, 3.05) is 9.80 Å². The van der Waals surface area contributed by atoms with E-state index in [9.17, 15) is 0 Å². The molecule has 9 aromatic carbocycles. The van der Waals surface area contributed by atoms with Crippen LogP contribution in [-0.4, -0.2) is 4.57 Å². The number of hydrogen-bond donors (Lipinski definition) is 0. The third-order valence-corrected chi connectivity index (χ3v) is 11.2. The molecule has 4 heteroatoms. The summed E-state index contributed by atoms with van der Waals surface area (Å²) in [4.78, 5) is 4.65. The quantitative estimate of drug-likeness (QED) is 0.162. The highest BCUT2D eigenvalue weighted by Crippen LogP contribution is 2.50. The minimum atomic E-state index is 0.839. The maximum atomic E-state index is 6.33. The third-order valence-electron chi connectivity index (χ3n) is 11.2. The van der Waals surface area contributed by atoms with Crippen LogP contribution in [0.4, 0.5) is 34.1 Å². The van der Waals surface area contributed by atoms with E-state index in [0.29, 0.717) is 0 Å². The SMILES string of the molecule is c1ccc(-c2ccc(-c3ccc(N(c4ccccc4)c4ccc5c(c4)c4ccccc4n5-c4cccc(N5c6ccccc6Oc6ccccc65)c4)cc3)cc2)cc1. The highest BCUT2D eigenvalue weighted by Gasteiger charge is 2.26. The van der Waals surface area contributed by atoms with Gasteiger partial charge < -0.3 is 19.1 Å². The first-order valence-corrected chi connectivity index (χ1v) is 19.7. The monoisotopic (exact) mass is 743 g/mol. The second-order valence-corrected chi connectivity index (χ2v) is 14.6. The van der Waals surface area contributed by atoms with Gasteiger partial charge in [0, 0.05) is 39.2 Å². The molecule has 0 atom stereocenters. The lowest BCUT2D eigenvalue weighted by molar-refractivity contribution is 0.477. The normalized spacial score (nSPS) is 11.9. The number of hydrogen-bond acceptors (Lipinski definition) is 3. The zero-order valence-electron chi connectivity index (χ0n) is 31.6. The van der Waals surface area contributed by atoms with E-state index in [-0.39, 0.29) is 0 Å². The van der Waals surface area contributed by atoms with Crippen LogP contribution in [0.5, 0.6) is 11.5 Å². The summed E-state index contributed by atoms with van der Waals surface area (Å²) in [5.41, 5.74) is 14.6. The largest absolute Gasteiger partial charge is 0.453 e. The lowest BCUT2D eigenvalue weighted by Crippen LogP contribution is -2.15. The van der Waals surface area contributed by atoms with Gasteiger partial charge in [0.05, 0.1) is 22.4 Å². The second kappa shape index (κ2) is 14.0. The van der Waals surface area contributed by atoms with Crippen molar-refractivity contribution in [1.29, 1.82) is 0 Å². The van der Waals surface area contributed by atoms with Gasteiger partial charge in [0.2, 0.25) is 0 Å². The van der Waals surface area contributed by atoms with Gasteiger partial charge in [0.1, 0.15) is 0 Å². The van der Waals surface area contributed by atoms with E-state index >= 15 is 0 Å². The number of aromatic nitrogens is 1. The van der Waals surface area contributed by atoms with E-state index in [1.54, 1.807) is 0 Å². The van der Waals surface area contributed by atoms with Gasteiger partial charge in [0.25, 0.3) is 0 Å². The van der Waals surface area contributed by atoms with Crippen molar-refractivity contribution in [3.8, 4) is 39.4 Å². The number of anilines is 6. The van der Waals surface area contributed by atoms with Crippen molar-refractivity contribution in [3.05, 3.63) is 224 Å². The van der Waals surface area contributed by atoms with Gasteiger partial charge in [-0.15, -0.1) is 0 Å². The first-order chi connectivity index (χ1) is 28.8. The average molecular weight is 744 g/mol. The Bertz CT molecular complexity index is 3030. The summed E-state index contributed by atoms with van der Waals surface area (Å²) in [5.74, 6) is 1.68. The molecule has 0 aliphatic carbocycles. The Labute approximate surface area is 337 Å². The molecule has 0 bridgehead atoms. The molecule has 274 valence electrons. The summed E-state index contributed by atoms with van der Waals surface area (Å²) in [6.07, 6.45) is 0. The Balaban J connectivity index is 0.997. The number of fused-ring (bicyclic) bond motifs is 5. The molecule has 1 aromatic heterocycles. The summed E-state index contributed by atoms with van der Waals surface area (Å²) in [5, 5.41) is 2.39. The molecule has 0 spiro atoms. The molecular weight excluding hydrogens is 707 g/mol. The van der Waals surface area contributed by atoms with Gasteiger partial charge in [-0.25, -0.2) is 0 Å². The maximum absolute atomic E-state index is 6.33. The minimum absolute atomic E-state index is 0.839. The lowest BCUT2D eigenvalue weighted by Gasteiger charge is -2.33. The predicted molar refractivity (Wildman–Crippen MR) is 241 cm³/mol. The van der Waals surface area contributed by atoms with E-state index in [0.717, 1.165) is 62.3 Å². The van der Waals surface area contributed by atoms with Crippen LogP contribution in [0, 0.1) is 0 Å². The number of ether oxygens (including phenoxy) is 1. The van der Waals surface area contributed by atoms with Crippen LogP contribution in [0.1, 0.15) is 0 Å². The van der Waals surface area contributed by atoms with E-state index in [2.05, 4.69) is 215 Å². The number of benzene rings is 9. The molecule has 4 nitrogen and oxygen atoms in total. The van der Waals surface area contributed by atoms with Crippen molar-refractivity contribution in [2.45, 2.75) is 0 Å². The standard InChI is InChI=1S/C54H37N3O/c1-3-14-38(15-4-1)39-26-28-40(29-27-39)41-30-32-43(33-31-41)55(42-16-5-2-6-17-42)46-34-35-50-48(37-46)47-20-7-8-21-49(47)56(50)44-18-13-19-45(36-44)57-51-22-9-11-24-53(51)58-54-25-12-10-23-52(54)57/h1-37H. The van der Waals surface area contributed by atoms with Gasteiger partial charge in [0.15, 0.2) is 11.5 Å². The van der Waals surface area contributed by atoms with Crippen molar-refractivity contribution in [3.63, 3.8) is 0 Å². The van der Waals surface area contributed by atoms with Crippen LogP contribution < -0.4 is 14.5 Å². The summed E-state index contributed by atoms with van der Waals surface area (Å²) in [6.45, 7) is 0. The number of rotatable bonds is 7. The fourth-order valence-electron chi connectivity index (χ4n) is 8.45. The fourth-order valence-corrected chi connectivity index (χ4v) is 8.45. The Kier molecular flexibility index (Phi) is 8.11. The average Bonchev–Trinajstić information content (AvgIpc) is 3.63. The zero-order chi connectivity index (χ0) is 38.4. The Hall–Kier alpha value is -7.82. The molecule has 1 aliphatic heterocycles. The first kappa shape index (κ1) is 33.5. The number of nitrogens with zero attached hydrogens (tertiary/aromatic N) is 3. The molecule has 0 N–H and O–H groups in total. The van der Waals surface area contributed by atoms with Gasteiger partial charge in [-0.05, 0) is 113 Å². The smallest absolute Gasteiger partial charge is 0.151 e. The Morgan fingerprint density at radius 3 is 1.52 bits per heavy atom.